The molecule has 1 atom stereocenters. The molecular weight excluding hydrogens is 529 g/mol. The monoisotopic (exact) mass is 552 g/mol. The fraction of sp³-hybridized carbons (Fsp3) is 0.304. The van der Waals surface area contributed by atoms with E-state index in [0.717, 1.165) is 24.3 Å². The Kier molecular flexibility index (Phi) is 8.57. The van der Waals surface area contributed by atoms with Gasteiger partial charge >= 0.3 is 24.0 Å². The summed E-state index contributed by atoms with van der Waals surface area (Å²) in [6, 6.07) is 4.39. The van der Waals surface area contributed by atoms with Crippen LogP contribution < -0.4 is 21.5 Å². The summed E-state index contributed by atoms with van der Waals surface area (Å²) in [5, 5.41) is 20.3. The molecule has 2 amide bonds. The molecule has 0 aliphatic rings. The highest BCUT2D eigenvalue weighted by Gasteiger charge is 2.43. The van der Waals surface area contributed by atoms with Gasteiger partial charge < -0.3 is 31.1 Å². The van der Waals surface area contributed by atoms with Crippen molar-refractivity contribution in [3.8, 4) is 0 Å². The number of aromatic nitrogens is 3. The van der Waals surface area contributed by atoms with Gasteiger partial charge in [0.15, 0.2) is 0 Å². The molecule has 208 valence electrons. The minimum absolute atomic E-state index is 0.0497. The third-order valence-corrected chi connectivity index (χ3v) is 5.58. The van der Waals surface area contributed by atoms with E-state index in [2.05, 4.69) is 20.3 Å². The molecule has 0 saturated heterocycles. The number of carboxylic acids is 2. The van der Waals surface area contributed by atoms with Crippen molar-refractivity contribution in [3.63, 3.8) is 0 Å². The fourth-order valence-electron chi connectivity index (χ4n) is 3.71. The Labute approximate surface area is 216 Å². The molecule has 39 heavy (non-hydrogen) atoms. The van der Waals surface area contributed by atoms with Crippen LogP contribution in [0.3, 0.4) is 0 Å². The maximum absolute atomic E-state index is 13.3. The van der Waals surface area contributed by atoms with Gasteiger partial charge in [-0.3, -0.25) is 24.2 Å². The van der Waals surface area contributed by atoms with E-state index in [1.54, 1.807) is 0 Å². The van der Waals surface area contributed by atoms with Crippen molar-refractivity contribution in [2.75, 3.05) is 17.2 Å². The van der Waals surface area contributed by atoms with Crippen molar-refractivity contribution < 1.29 is 42.6 Å². The van der Waals surface area contributed by atoms with E-state index >= 15 is 0 Å². The number of halogens is 3. The van der Waals surface area contributed by atoms with E-state index < -0.39 is 48.0 Å². The summed E-state index contributed by atoms with van der Waals surface area (Å²) in [7, 11) is 0. The smallest absolute Gasteiger partial charge is 0.471 e. The summed E-state index contributed by atoms with van der Waals surface area (Å²) in [5.74, 6) is -5.85. The van der Waals surface area contributed by atoms with Gasteiger partial charge in [0.05, 0.1) is 5.39 Å². The number of rotatable bonds is 11. The summed E-state index contributed by atoms with van der Waals surface area (Å²) in [5.41, 5.74) is 5.40. The highest BCUT2D eigenvalue weighted by atomic mass is 19.4. The number of aryl methyl sites for hydroxylation is 1. The minimum Gasteiger partial charge on any atom is -0.481 e. The number of carboxylic acid groups (broad SMARTS) is 2. The SMILES string of the molecule is Nc1nc2[nH]c(CCCN(C(=O)C(F)(F)F)c3ccc(C(=O)N[C@@H](CCC(=O)O)C(=O)O)cc3)cc2c(=O)[nH]1. The Bertz CT molecular complexity index is 1450. The Morgan fingerprint density at radius 2 is 1.77 bits per heavy atom. The zero-order chi connectivity index (χ0) is 28.9. The zero-order valence-electron chi connectivity index (χ0n) is 20.0. The molecule has 2 aromatic heterocycles. The largest absolute Gasteiger partial charge is 0.481 e. The molecule has 0 fully saturated rings. The van der Waals surface area contributed by atoms with Gasteiger partial charge in [-0.25, -0.2) is 4.79 Å². The summed E-state index contributed by atoms with van der Waals surface area (Å²) < 4.78 is 39.9. The van der Waals surface area contributed by atoms with Gasteiger partial charge in [0.1, 0.15) is 11.7 Å². The van der Waals surface area contributed by atoms with Crippen molar-refractivity contribution >= 4 is 46.4 Å². The van der Waals surface area contributed by atoms with Crippen LogP contribution >= 0.6 is 0 Å². The van der Waals surface area contributed by atoms with Crippen LogP contribution in [0.1, 0.15) is 35.3 Å². The van der Waals surface area contributed by atoms with Gasteiger partial charge in [-0.05, 0) is 49.6 Å². The highest BCUT2D eigenvalue weighted by Crippen LogP contribution is 2.25. The van der Waals surface area contributed by atoms with Gasteiger partial charge in [0, 0.05) is 29.9 Å². The number of nitrogens with two attached hydrogens (primary N) is 1. The van der Waals surface area contributed by atoms with Crippen molar-refractivity contribution in [2.45, 2.75) is 37.9 Å². The number of carbonyl (C=O) groups is 4. The van der Waals surface area contributed by atoms with Gasteiger partial charge in [0.2, 0.25) is 5.95 Å². The normalized spacial score (nSPS) is 12.2. The lowest BCUT2D eigenvalue weighted by Crippen LogP contribution is -2.42. The number of aromatic amines is 2. The second-order valence-electron chi connectivity index (χ2n) is 8.41. The average molecular weight is 552 g/mol. The molecule has 2 heterocycles. The molecule has 0 unspecified atom stereocenters. The first-order valence-electron chi connectivity index (χ1n) is 11.4. The van der Waals surface area contributed by atoms with E-state index in [0.29, 0.717) is 10.6 Å². The average Bonchev–Trinajstić information content (AvgIpc) is 3.26. The zero-order valence-corrected chi connectivity index (χ0v) is 20.0. The number of aliphatic carboxylic acids is 2. The molecule has 3 rings (SSSR count). The Hall–Kier alpha value is -4.89. The van der Waals surface area contributed by atoms with Crippen LogP contribution in [0.5, 0.6) is 0 Å². The maximum atomic E-state index is 13.3. The van der Waals surface area contributed by atoms with Crippen LogP contribution in [0.4, 0.5) is 24.8 Å². The number of amides is 2. The Morgan fingerprint density at radius 1 is 1.10 bits per heavy atom. The molecule has 16 heteroatoms. The number of alkyl halides is 3. The molecule has 13 nitrogen and oxygen atoms in total. The molecule has 0 bridgehead atoms. The van der Waals surface area contributed by atoms with Crippen LogP contribution in [-0.4, -0.2) is 67.7 Å². The van der Waals surface area contributed by atoms with Gasteiger partial charge in [-0.2, -0.15) is 18.2 Å². The molecule has 0 spiro atoms. The lowest BCUT2D eigenvalue weighted by Gasteiger charge is -2.24. The van der Waals surface area contributed by atoms with Gasteiger partial charge in [-0.1, -0.05) is 0 Å². The number of nitrogen functional groups attached to an aromatic ring is 1. The molecule has 0 aliphatic heterocycles. The number of fused-ring (bicyclic) bond motifs is 1. The van der Waals surface area contributed by atoms with E-state index in [-0.39, 0.29) is 54.0 Å². The van der Waals surface area contributed by atoms with Gasteiger partial charge in [-0.15, -0.1) is 0 Å². The first kappa shape index (κ1) is 28.7. The van der Waals surface area contributed by atoms with Crippen molar-refractivity contribution in [3.05, 3.63) is 51.9 Å². The summed E-state index contributed by atoms with van der Waals surface area (Å²) >= 11 is 0. The number of H-pyrrole nitrogens is 2. The third-order valence-electron chi connectivity index (χ3n) is 5.58. The third kappa shape index (κ3) is 7.33. The first-order chi connectivity index (χ1) is 18.3. The second-order valence-corrected chi connectivity index (χ2v) is 8.41. The van der Waals surface area contributed by atoms with Crippen LogP contribution in [0.15, 0.2) is 35.1 Å². The second kappa shape index (κ2) is 11.7. The number of anilines is 2. The van der Waals surface area contributed by atoms with Crippen molar-refractivity contribution in [2.24, 2.45) is 0 Å². The molecule has 0 saturated carbocycles. The van der Waals surface area contributed by atoms with Crippen LogP contribution in [-0.2, 0) is 20.8 Å². The van der Waals surface area contributed by atoms with E-state index in [9.17, 15) is 42.3 Å². The number of benzene rings is 1. The van der Waals surface area contributed by atoms with E-state index in [1.165, 1.54) is 6.07 Å². The molecular formula is C23H23F3N6O7. The molecule has 0 radical (unpaired) electrons. The predicted octanol–water partition coefficient (Wildman–Crippen LogP) is 1.41. The lowest BCUT2D eigenvalue weighted by atomic mass is 10.1. The fourth-order valence-corrected chi connectivity index (χ4v) is 3.71. The molecule has 7 N–H and O–H groups in total. The number of nitrogens with one attached hydrogen (secondary N) is 3. The maximum Gasteiger partial charge on any atom is 0.471 e. The van der Waals surface area contributed by atoms with Crippen LogP contribution in [0, 0.1) is 0 Å². The Balaban J connectivity index is 1.73. The number of hydrogen-bond donors (Lipinski definition) is 6. The van der Waals surface area contributed by atoms with E-state index in [4.69, 9.17) is 10.8 Å². The quantitative estimate of drug-likeness (QED) is 0.203. The standard InChI is InChI=1S/C23H23F3N6O7/c24-23(25,26)21(39)32(9-1-2-12-10-14-17(28-12)30-22(27)31-19(14)36)13-5-3-11(4-6-13)18(35)29-15(20(37)38)7-8-16(33)34/h3-6,10,15H,1-2,7-9H2,(H,29,35)(H,33,34)(H,37,38)(H4,27,28,30,31,36)/t15-/m0/s1. The molecule has 0 aliphatic carbocycles. The van der Waals surface area contributed by atoms with Crippen LogP contribution in [0.25, 0.3) is 11.0 Å². The number of hydrogen-bond acceptors (Lipinski definition) is 7. The first-order valence-corrected chi connectivity index (χ1v) is 11.4. The highest BCUT2D eigenvalue weighted by molar-refractivity contribution is 5.99. The lowest BCUT2D eigenvalue weighted by molar-refractivity contribution is -0.170. The van der Waals surface area contributed by atoms with Crippen LogP contribution in [0.2, 0.25) is 0 Å². The number of carbonyl (C=O) groups excluding carboxylic acids is 2. The summed E-state index contributed by atoms with van der Waals surface area (Å²) in [6.45, 7) is -0.374. The summed E-state index contributed by atoms with van der Waals surface area (Å²) in [6.07, 6.45) is -5.87. The predicted molar refractivity (Wildman–Crippen MR) is 130 cm³/mol. The topological polar surface area (TPSA) is 212 Å². The number of nitrogens with zero attached hydrogens (tertiary/aromatic N) is 2. The van der Waals surface area contributed by atoms with Crippen molar-refractivity contribution in [1.82, 2.24) is 20.3 Å². The molecule has 1 aromatic carbocycles. The van der Waals surface area contributed by atoms with E-state index in [1.807, 2.05) is 0 Å². The molecule has 3 aromatic rings. The van der Waals surface area contributed by atoms with Gasteiger partial charge in [0.25, 0.3) is 11.5 Å². The summed E-state index contributed by atoms with van der Waals surface area (Å²) in [4.78, 5) is 68.1. The Morgan fingerprint density at radius 3 is 2.36 bits per heavy atom. The minimum atomic E-state index is -5.19. The van der Waals surface area contributed by atoms with Crippen molar-refractivity contribution in [1.29, 1.82) is 0 Å².